The summed E-state index contributed by atoms with van der Waals surface area (Å²) in [5.74, 6) is 1.41. The number of nitrogens with zero attached hydrogens (tertiary/aromatic N) is 1. The van der Waals surface area contributed by atoms with Crippen LogP contribution in [0, 0.1) is 0 Å². The molecule has 0 atom stereocenters. The third-order valence-corrected chi connectivity index (χ3v) is 6.63. The van der Waals surface area contributed by atoms with Gasteiger partial charge in [-0.1, -0.05) is 19.6 Å². The first-order valence-corrected chi connectivity index (χ1v) is 8.04. The maximum absolute atomic E-state index is 2.66. The molecule has 0 aliphatic carbocycles. The molecule has 1 nitrogen and oxygen atoms in total. The van der Waals surface area contributed by atoms with Crippen LogP contribution < -0.4 is 0 Å². The lowest BCUT2D eigenvalue weighted by atomic mass is 10.5. The smallest absolute Gasteiger partial charge is 0.158 e. The van der Waals surface area contributed by atoms with Crippen molar-refractivity contribution in [1.82, 2.24) is 3.97 Å². The first-order chi connectivity index (χ1) is 4.11. The highest BCUT2D eigenvalue weighted by atomic mass is 32.2. The van der Waals surface area contributed by atoms with Gasteiger partial charge in [-0.25, -0.2) is 0 Å². The van der Waals surface area contributed by atoms with Gasteiger partial charge in [-0.3, -0.25) is 0 Å². The molecule has 1 heterocycles. The van der Waals surface area contributed by atoms with Crippen LogP contribution in [0.3, 0.4) is 0 Å². The second-order valence-corrected chi connectivity index (χ2v) is 9.98. The molecule has 0 radical (unpaired) electrons. The summed E-state index contributed by atoms with van der Waals surface area (Å²) < 4.78 is 2.66. The Hall–Kier alpha value is 0.527. The van der Waals surface area contributed by atoms with Gasteiger partial charge in [0.15, 0.2) is 8.24 Å². The van der Waals surface area contributed by atoms with Crippen molar-refractivity contribution in [2.45, 2.75) is 26.1 Å². The zero-order valence-electron chi connectivity index (χ0n) is 6.52. The third-order valence-electron chi connectivity index (χ3n) is 1.57. The van der Waals surface area contributed by atoms with Crippen LogP contribution in [0.25, 0.3) is 0 Å². The Morgan fingerprint density at radius 1 is 1.33 bits per heavy atom. The third kappa shape index (κ3) is 1.99. The van der Waals surface area contributed by atoms with Gasteiger partial charge in [0, 0.05) is 13.0 Å². The average Bonchev–Trinajstić information content (AvgIpc) is 2.08. The Labute approximate surface area is 63.0 Å². The minimum Gasteiger partial charge on any atom is -0.158 e. The van der Waals surface area contributed by atoms with E-state index in [9.17, 15) is 0 Å². The van der Waals surface area contributed by atoms with Crippen molar-refractivity contribution in [3.8, 4) is 0 Å². The molecule has 9 heavy (non-hydrogen) atoms. The van der Waals surface area contributed by atoms with Gasteiger partial charge in [-0.2, -0.15) is 3.97 Å². The van der Waals surface area contributed by atoms with Crippen molar-refractivity contribution in [3.63, 3.8) is 0 Å². The fraction of sp³-hybridized carbons (Fsp3) is 1.00. The topological polar surface area (TPSA) is 3.24 Å². The first-order valence-electron chi connectivity index (χ1n) is 3.56. The highest BCUT2D eigenvalue weighted by molar-refractivity contribution is 7.78. The zero-order chi connectivity index (χ0) is 6.91. The van der Waals surface area contributed by atoms with Crippen LogP contribution >= 0.6 is 0 Å². The van der Waals surface area contributed by atoms with Crippen LogP contribution in [0.5, 0.6) is 0 Å². The van der Waals surface area contributed by atoms with E-state index in [-0.39, 0.29) is 0 Å². The summed E-state index contributed by atoms with van der Waals surface area (Å²) in [6.07, 6.45) is 1.42. The van der Waals surface area contributed by atoms with Crippen molar-refractivity contribution in [3.05, 3.63) is 0 Å². The fourth-order valence-corrected chi connectivity index (χ4v) is 4.66. The Bertz CT molecular complexity index is 93.7. The SMILES string of the molecule is C[Si](C)(C)N1CCC[SH+]1. The van der Waals surface area contributed by atoms with E-state index in [2.05, 4.69) is 23.6 Å². The quantitative estimate of drug-likeness (QED) is 0.319. The first kappa shape index (κ1) is 7.63. The summed E-state index contributed by atoms with van der Waals surface area (Å²) in [6, 6.07) is 0. The monoisotopic (exact) mass is 162 g/mol. The van der Waals surface area contributed by atoms with Crippen LogP contribution in [0.2, 0.25) is 19.6 Å². The molecular weight excluding hydrogens is 146 g/mol. The van der Waals surface area contributed by atoms with E-state index in [4.69, 9.17) is 0 Å². The van der Waals surface area contributed by atoms with Gasteiger partial charge in [0.1, 0.15) is 5.75 Å². The van der Waals surface area contributed by atoms with Crippen molar-refractivity contribution in [2.24, 2.45) is 0 Å². The predicted octanol–water partition coefficient (Wildman–Crippen LogP) is 1.26. The highest BCUT2D eigenvalue weighted by Gasteiger charge is 2.33. The van der Waals surface area contributed by atoms with Crippen molar-refractivity contribution >= 4 is 20.2 Å². The van der Waals surface area contributed by atoms with Crippen LogP contribution in [0.4, 0.5) is 0 Å². The number of thiol groups is 1. The molecule has 0 bridgehead atoms. The van der Waals surface area contributed by atoms with E-state index in [0.29, 0.717) is 0 Å². The molecule has 1 saturated heterocycles. The number of rotatable bonds is 1. The molecule has 1 rings (SSSR count). The molecule has 3 heteroatoms. The molecule has 0 unspecified atom stereocenters. The Balaban J connectivity index is 2.42. The van der Waals surface area contributed by atoms with E-state index in [1.807, 2.05) is 0 Å². The van der Waals surface area contributed by atoms with Gasteiger partial charge in [0.2, 0.25) is 0 Å². The lowest BCUT2D eigenvalue weighted by Gasteiger charge is -2.20. The van der Waals surface area contributed by atoms with E-state index < -0.39 is 8.24 Å². The molecular formula is C6H16NSSi+. The Morgan fingerprint density at radius 2 is 2.00 bits per heavy atom. The predicted molar refractivity (Wildman–Crippen MR) is 48.3 cm³/mol. The molecule has 1 aliphatic rings. The van der Waals surface area contributed by atoms with Gasteiger partial charge < -0.3 is 0 Å². The summed E-state index contributed by atoms with van der Waals surface area (Å²) in [5, 5.41) is 0. The second-order valence-electron chi connectivity index (χ2n) is 3.51. The van der Waals surface area contributed by atoms with Gasteiger partial charge >= 0.3 is 0 Å². The molecule has 0 aromatic carbocycles. The molecule has 0 amide bonds. The van der Waals surface area contributed by atoms with E-state index in [1.165, 1.54) is 18.7 Å². The second kappa shape index (κ2) is 2.64. The van der Waals surface area contributed by atoms with Crippen molar-refractivity contribution in [2.75, 3.05) is 12.3 Å². The molecule has 0 N–H and O–H groups in total. The summed E-state index contributed by atoms with van der Waals surface area (Å²) in [6.45, 7) is 8.62. The summed E-state index contributed by atoms with van der Waals surface area (Å²) in [5.41, 5.74) is 0. The van der Waals surface area contributed by atoms with E-state index in [1.54, 1.807) is 11.9 Å². The lowest BCUT2D eigenvalue weighted by molar-refractivity contribution is 0.700. The van der Waals surface area contributed by atoms with Gasteiger partial charge in [-0.15, -0.1) is 0 Å². The Morgan fingerprint density at radius 3 is 2.22 bits per heavy atom. The summed E-state index contributed by atoms with van der Waals surface area (Å²) >= 11 is 1.60. The van der Waals surface area contributed by atoms with Crippen molar-refractivity contribution in [1.29, 1.82) is 0 Å². The van der Waals surface area contributed by atoms with Crippen LogP contribution in [-0.4, -0.2) is 24.5 Å². The number of hydrogen-bond donors (Lipinski definition) is 0. The maximum Gasteiger partial charge on any atom is 0.179 e. The lowest BCUT2D eigenvalue weighted by Crippen LogP contribution is -2.42. The Kier molecular flexibility index (Phi) is 2.24. The molecule has 0 aromatic heterocycles. The van der Waals surface area contributed by atoms with Crippen LogP contribution in [0.15, 0.2) is 0 Å². The van der Waals surface area contributed by atoms with E-state index in [0.717, 1.165) is 0 Å². The normalized spacial score (nSPS) is 23.0. The van der Waals surface area contributed by atoms with E-state index >= 15 is 0 Å². The van der Waals surface area contributed by atoms with Gasteiger partial charge in [0.25, 0.3) is 0 Å². The summed E-state index contributed by atoms with van der Waals surface area (Å²) in [4.78, 5) is 0. The molecule has 0 aromatic rings. The number of hydrogen-bond acceptors (Lipinski definition) is 1. The summed E-state index contributed by atoms with van der Waals surface area (Å²) in [7, 11) is -0.903. The van der Waals surface area contributed by atoms with Crippen LogP contribution in [-0.2, 0) is 11.9 Å². The highest BCUT2D eigenvalue weighted by Crippen LogP contribution is 2.15. The molecule has 0 saturated carbocycles. The van der Waals surface area contributed by atoms with Crippen LogP contribution in [0.1, 0.15) is 6.42 Å². The zero-order valence-corrected chi connectivity index (χ0v) is 8.41. The maximum atomic E-state index is 2.66. The van der Waals surface area contributed by atoms with Gasteiger partial charge in [-0.05, 0) is 0 Å². The molecule has 1 aliphatic heterocycles. The fourth-order valence-electron chi connectivity index (χ4n) is 1.03. The van der Waals surface area contributed by atoms with Crippen molar-refractivity contribution < 1.29 is 0 Å². The standard InChI is InChI=1S/C6H15NSSi/c1-9(2,3)7-5-4-6-8-7/h4-6H2,1-3H3/p+1. The van der Waals surface area contributed by atoms with Gasteiger partial charge in [0.05, 0.1) is 11.9 Å². The minimum atomic E-state index is -0.903. The molecule has 54 valence electrons. The molecule has 1 fully saturated rings. The largest absolute Gasteiger partial charge is 0.179 e. The molecule has 0 spiro atoms. The minimum absolute atomic E-state index is 0.903. The average molecular weight is 162 g/mol.